The van der Waals surface area contributed by atoms with Crippen LogP contribution < -0.4 is 16.4 Å². The summed E-state index contributed by atoms with van der Waals surface area (Å²) in [6, 6.07) is 5.94. The highest BCUT2D eigenvalue weighted by Gasteiger charge is 2.11. The third-order valence-electron chi connectivity index (χ3n) is 2.98. The highest BCUT2D eigenvalue weighted by molar-refractivity contribution is 5.92. The fourth-order valence-corrected chi connectivity index (χ4v) is 1.92. The van der Waals surface area contributed by atoms with Crippen molar-refractivity contribution in [2.24, 2.45) is 5.73 Å². The minimum atomic E-state index is -0.651. The third-order valence-corrected chi connectivity index (χ3v) is 2.98. The van der Waals surface area contributed by atoms with Crippen LogP contribution in [0.15, 0.2) is 36.7 Å². The second kappa shape index (κ2) is 5.56. The van der Waals surface area contributed by atoms with E-state index in [1.54, 1.807) is 36.5 Å². The third kappa shape index (κ3) is 2.85. The molecule has 2 rings (SSSR count). The molecule has 1 amide bonds. The smallest absolute Gasteiger partial charge is 0.248 e. The first kappa shape index (κ1) is 13.8. The van der Waals surface area contributed by atoms with Crippen LogP contribution >= 0.6 is 0 Å². The van der Waals surface area contributed by atoms with E-state index in [4.69, 9.17) is 11.5 Å². The summed E-state index contributed by atoms with van der Waals surface area (Å²) in [7, 11) is 1.80. The molecule has 0 atom stereocenters. The van der Waals surface area contributed by atoms with Crippen LogP contribution in [0.3, 0.4) is 0 Å². The van der Waals surface area contributed by atoms with Gasteiger partial charge in [0, 0.05) is 30.9 Å². The van der Waals surface area contributed by atoms with Crippen LogP contribution in [0.25, 0.3) is 0 Å². The van der Waals surface area contributed by atoms with Crippen molar-refractivity contribution in [3.8, 4) is 0 Å². The normalized spacial score (nSPS) is 10.3. The lowest BCUT2D eigenvalue weighted by atomic mass is 10.1. The maximum atomic E-state index is 13.9. The Morgan fingerprint density at radius 1 is 1.40 bits per heavy atom. The Hall–Kier alpha value is -2.63. The molecule has 0 radical (unpaired) electrons. The first-order valence-electron chi connectivity index (χ1n) is 5.98. The molecule has 1 heterocycles. The van der Waals surface area contributed by atoms with Gasteiger partial charge in [-0.2, -0.15) is 0 Å². The molecule has 5 nitrogen and oxygen atoms in total. The topological polar surface area (TPSA) is 85.2 Å². The molecule has 0 spiro atoms. The molecule has 1 aromatic heterocycles. The van der Waals surface area contributed by atoms with Crippen molar-refractivity contribution < 1.29 is 9.18 Å². The second-order valence-corrected chi connectivity index (χ2v) is 4.46. The molecule has 0 aliphatic rings. The number of nitrogens with two attached hydrogens (primary N) is 2. The fourth-order valence-electron chi connectivity index (χ4n) is 1.92. The van der Waals surface area contributed by atoms with Crippen molar-refractivity contribution in [1.82, 2.24) is 4.98 Å². The molecule has 0 aliphatic carbocycles. The summed E-state index contributed by atoms with van der Waals surface area (Å²) in [5.74, 6) is -1.12. The predicted octanol–water partition coefficient (Wildman–Crippen LogP) is 1.54. The Morgan fingerprint density at radius 3 is 2.75 bits per heavy atom. The molecule has 104 valence electrons. The minimum absolute atomic E-state index is 0.150. The van der Waals surface area contributed by atoms with Crippen LogP contribution in [-0.4, -0.2) is 17.9 Å². The Labute approximate surface area is 116 Å². The molecule has 0 aliphatic heterocycles. The summed E-state index contributed by atoms with van der Waals surface area (Å²) in [4.78, 5) is 16.7. The predicted molar refractivity (Wildman–Crippen MR) is 75.7 cm³/mol. The fraction of sp³-hybridized carbons (Fsp3) is 0.143. The van der Waals surface area contributed by atoms with E-state index in [0.717, 1.165) is 11.8 Å². The number of carbonyl (C=O) groups excluding carboxylic acids is 1. The van der Waals surface area contributed by atoms with Crippen molar-refractivity contribution in [3.63, 3.8) is 0 Å². The number of aromatic nitrogens is 1. The van der Waals surface area contributed by atoms with Gasteiger partial charge in [-0.05, 0) is 18.2 Å². The maximum Gasteiger partial charge on any atom is 0.248 e. The quantitative estimate of drug-likeness (QED) is 0.885. The highest BCUT2D eigenvalue weighted by atomic mass is 19.1. The number of halogens is 1. The van der Waals surface area contributed by atoms with Gasteiger partial charge in [-0.3, -0.25) is 9.78 Å². The van der Waals surface area contributed by atoms with Gasteiger partial charge in [0.1, 0.15) is 5.82 Å². The van der Waals surface area contributed by atoms with E-state index in [-0.39, 0.29) is 5.56 Å². The summed E-state index contributed by atoms with van der Waals surface area (Å²) < 4.78 is 13.9. The van der Waals surface area contributed by atoms with Gasteiger partial charge in [0.25, 0.3) is 0 Å². The molecular formula is C14H15FN4O. The van der Waals surface area contributed by atoms with Gasteiger partial charge in [-0.25, -0.2) is 4.39 Å². The molecular weight excluding hydrogens is 259 g/mol. The van der Waals surface area contributed by atoms with E-state index >= 15 is 0 Å². The molecule has 0 saturated heterocycles. The van der Waals surface area contributed by atoms with Crippen LogP contribution in [0.1, 0.15) is 15.9 Å². The van der Waals surface area contributed by atoms with E-state index in [9.17, 15) is 9.18 Å². The van der Waals surface area contributed by atoms with Crippen LogP contribution in [0.5, 0.6) is 0 Å². The molecule has 6 heteroatoms. The van der Waals surface area contributed by atoms with E-state index in [1.165, 1.54) is 6.07 Å². The summed E-state index contributed by atoms with van der Waals surface area (Å²) >= 11 is 0. The average Bonchev–Trinajstić information content (AvgIpc) is 2.41. The number of benzene rings is 1. The van der Waals surface area contributed by atoms with Crippen LogP contribution in [0, 0.1) is 5.82 Å². The first-order valence-corrected chi connectivity index (χ1v) is 5.98. The number of anilines is 2. The zero-order valence-corrected chi connectivity index (χ0v) is 11.0. The maximum absolute atomic E-state index is 13.9. The van der Waals surface area contributed by atoms with E-state index in [1.807, 2.05) is 0 Å². The number of hydrogen-bond donors (Lipinski definition) is 2. The van der Waals surface area contributed by atoms with E-state index in [2.05, 4.69) is 4.98 Å². The molecule has 0 bridgehead atoms. The number of pyridine rings is 1. The second-order valence-electron chi connectivity index (χ2n) is 4.46. The SMILES string of the molecule is CN(Cc1ccc(C(N)=O)cc1F)c1ccncc1N. The van der Waals surface area contributed by atoms with Crippen molar-refractivity contribution in [2.45, 2.75) is 6.54 Å². The largest absolute Gasteiger partial charge is 0.396 e. The molecule has 20 heavy (non-hydrogen) atoms. The lowest BCUT2D eigenvalue weighted by Gasteiger charge is -2.21. The Bertz CT molecular complexity index is 645. The first-order chi connectivity index (χ1) is 9.49. The van der Waals surface area contributed by atoms with Crippen molar-refractivity contribution in [2.75, 3.05) is 17.7 Å². The van der Waals surface area contributed by atoms with Gasteiger partial charge >= 0.3 is 0 Å². The average molecular weight is 274 g/mol. The number of carbonyl (C=O) groups is 1. The van der Waals surface area contributed by atoms with E-state index < -0.39 is 11.7 Å². The number of rotatable bonds is 4. The van der Waals surface area contributed by atoms with Crippen molar-refractivity contribution in [3.05, 3.63) is 53.6 Å². The summed E-state index contributed by atoms with van der Waals surface area (Å²) in [5.41, 5.74) is 12.8. The van der Waals surface area contributed by atoms with Crippen LogP contribution in [-0.2, 0) is 6.54 Å². The van der Waals surface area contributed by atoms with E-state index in [0.29, 0.717) is 17.8 Å². The minimum Gasteiger partial charge on any atom is -0.396 e. The number of primary amides is 1. The zero-order valence-electron chi connectivity index (χ0n) is 11.0. The molecule has 0 unspecified atom stereocenters. The van der Waals surface area contributed by atoms with Gasteiger partial charge in [0.2, 0.25) is 5.91 Å². The Kier molecular flexibility index (Phi) is 3.84. The lowest BCUT2D eigenvalue weighted by molar-refractivity contribution is 0.1000. The molecule has 2 aromatic rings. The molecule has 1 aromatic carbocycles. The zero-order chi connectivity index (χ0) is 14.7. The van der Waals surface area contributed by atoms with Crippen molar-refractivity contribution >= 4 is 17.3 Å². The van der Waals surface area contributed by atoms with Crippen molar-refractivity contribution in [1.29, 1.82) is 0 Å². The molecule has 0 fully saturated rings. The van der Waals surface area contributed by atoms with Gasteiger partial charge < -0.3 is 16.4 Å². The summed E-state index contributed by atoms with van der Waals surface area (Å²) in [6.07, 6.45) is 3.16. The Morgan fingerprint density at radius 2 is 2.15 bits per heavy atom. The van der Waals surface area contributed by atoms with Gasteiger partial charge in [0.05, 0.1) is 17.6 Å². The van der Waals surface area contributed by atoms with Gasteiger partial charge in [0.15, 0.2) is 0 Å². The number of hydrogen-bond acceptors (Lipinski definition) is 4. The standard InChI is InChI=1S/C14H15FN4O/c1-19(13-4-5-18-7-12(13)16)8-10-3-2-9(14(17)20)6-11(10)15/h2-7H,8,16H2,1H3,(H2,17,20). The number of nitrogen functional groups attached to an aromatic ring is 1. The molecule has 0 saturated carbocycles. The van der Waals surface area contributed by atoms with Gasteiger partial charge in [-0.1, -0.05) is 6.07 Å². The molecule has 4 N–H and O–H groups in total. The summed E-state index contributed by atoms with van der Waals surface area (Å²) in [5, 5.41) is 0. The van der Waals surface area contributed by atoms with Crippen LogP contribution in [0.4, 0.5) is 15.8 Å². The highest BCUT2D eigenvalue weighted by Crippen LogP contribution is 2.22. The van der Waals surface area contributed by atoms with Crippen LogP contribution in [0.2, 0.25) is 0 Å². The number of amides is 1. The monoisotopic (exact) mass is 274 g/mol. The number of nitrogens with zero attached hydrogens (tertiary/aromatic N) is 2. The summed E-state index contributed by atoms with van der Waals surface area (Å²) in [6.45, 7) is 0.319. The van der Waals surface area contributed by atoms with Gasteiger partial charge in [-0.15, -0.1) is 0 Å². The lowest BCUT2D eigenvalue weighted by Crippen LogP contribution is -2.19. The Balaban J connectivity index is 2.22.